The molecule has 0 saturated carbocycles. The molecule has 0 atom stereocenters. The molecule has 2 aromatic rings. The predicted octanol–water partition coefficient (Wildman–Crippen LogP) is 2.55. The van der Waals surface area contributed by atoms with Crippen molar-refractivity contribution in [3.63, 3.8) is 0 Å². The Bertz CT molecular complexity index is 517. The van der Waals surface area contributed by atoms with E-state index < -0.39 is 0 Å². The zero-order valence-corrected chi connectivity index (χ0v) is 9.41. The van der Waals surface area contributed by atoms with Crippen molar-refractivity contribution in [2.75, 3.05) is 6.61 Å². The Morgan fingerprint density at radius 2 is 2.38 bits per heavy atom. The Kier molecular flexibility index (Phi) is 2.90. The first-order valence-corrected chi connectivity index (χ1v) is 5.34. The van der Waals surface area contributed by atoms with Crippen molar-refractivity contribution in [3.05, 3.63) is 24.0 Å². The summed E-state index contributed by atoms with van der Waals surface area (Å²) in [6.07, 6.45) is 4.29. The Morgan fingerprint density at radius 1 is 1.56 bits per heavy atom. The van der Waals surface area contributed by atoms with E-state index in [0.29, 0.717) is 17.8 Å². The van der Waals surface area contributed by atoms with Gasteiger partial charge in [-0.25, -0.2) is 4.98 Å². The summed E-state index contributed by atoms with van der Waals surface area (Å²) in [5, 5.41) is 0.781. The van der Waals surface area contributed by atoms with Gasteiger partial charge in [0.25, 0.3) is 0 Å². The molecule has 0 aromatic carbocycles. The fourth-order valence-corrected chi connectivity index (χ4v) is 1.64. The van der Waals surface area contributed by atoms with E-state index in [9.17, 15) is 4.79 Å². The number of nitrogens with zero attached hydrogens (tertiary/aromatic N) is 1. The maximum Gasteiger partial charge on any atom is 0.162 e. The van der Waals surface area contributed by atoms with Crippen LogP contribution in [0.4, 0.5) is 0 Å². The molecule has 0 amide bonds. The molecule has 2 rings (SSSR count). The van der Waals surface area contributed by atoms with Crippen LogP contribution in [0.3, 0.4) is 0 Å². The summed E-state index contributed by atoms with van der Waals surface area (Å²) >= 11 is 0. The van der Waals surface area contributed by atoms with E-state index >= 15 is 0 Å². The Hall–Kier alpha value is -1.84. The van der Waals surface area contributed by atoms with Crippen molar-refractivity contribution < 1.29 is 9.53 Å². The molecule has 0 unspecified atom stereocenters. The van der Waals surface area contributed by atoms with Gasteiger partial charge >= 0.3 is 0 Å². The smallest absolute Gasteiger partial charge is 0.162 e. The molecule has 1 N–H and O–H groups in total. The molecule has 0 saturated heterocycles. The standard InChI is InChI=1S/C12H14N2O2/c1-3-6-16-10-4-5-13-12-11(10)9(7-14-12)8(2)15/h4-5,7H,3,6H2,1-2H3,(H,13,14). The second-order valence-electron chi connectivity index (χ2n) is 3.64. The quantitative estimate of drug-likeness (QED) is 0.802. The molecular weight excluding hydrogens is 204 g/mol. The average Bonchev–Trinajstić information content (AvgIpc) is 2.70. The molecule has 16 heavy (non-hydrogen) atoms. The molecule has 0 aliphatic rings. The number of rotatable bonds is 4. The van der Waals surface area contributed by atoms with Gasteiger partial charge in [-0.3, -0.25) is 4.79 Å². The molecule has 0 fully saturated rings. The molecule has 4 heteroatoms. The van der Waals surface area contributed by atoms with Gasteiger partial charge in [0.15, 0.2) is 5.78 Å². The van der Waals surface area contributed by atoms with E-state index in [1.54, 1.807) is 25.4 Å². The third kappa shape index (κ3) is 1.78. The minimum atomic E-state index is 0.0144. The topological polar surface area (TPSA) is 55.0 Å². The van der Waals surface area contributed by atoms with Gasteiger partial charge in [0, 0.05) is 18.0 Å². The number of carbonyl (C=O) groups excluding carboxylic acids is 1. The highest BCUT2D eigenvalue weighted by Crippen LogP contribution is 2.27. The SMILES string of the molecule is CCCOc1ccnc2[nH]cc(C(C)=O)c12. The van der Waals surface area contributed by atoms with Crippen LogP contribution in [0.5, 0.6) is 5.75 Å². The highest BCUT2D eigenvalue weighted by Gasteiger charge is 2.13. The summed E-state index contributed by atoms with van der Waals surface area (Å²) in [6.45, 7) is 4.22. The molecular formula is C12H14N2O2. The normalized spacial score (nSPS) is 10.6. The number of pyridine rings is 1. The number of ether oxygens (including phenoxy) is 1. The van der Waals surface area contributed by atoms with E-state index in [4.69, 9.17) is 4.74 Å². The number of fused-ring (bicyclic) bond motifs is 1. The number of Topliss-reactive ketones (excluding diaryl/α,β-unsaturated/α-hetero) is 1. The molecule has 0 aliphatic heterocycles. The van der Waals surface area contributed by atoms with Crippen molar-refractivity contribution in [2.45, 2.75) is 20.3 Å². The summed E-state index contributed by atoms with van der Waals surface area (Å²) in [7, 11) is 0. The number of hydrogen-bond acceptors (Lipinski definition) is 3. The molecule has 0 aliphatic carbocycles. The average molecular weight is 218 g/mol. The summed E-state index contributed by atoms with van der Waals surface area (Å²) in [5.74, 6) is 0.735. The third-order valence-electron chi connectivity index (χ3n) is 2.38. The first-order chi connectivity index (χ1) is 7.74. The summed E-state index contributed by atoms with van der Waals surface area (Å²) < 4.78 is 5.61. The molecule has 84 valence electrons. The first-order valence-electron chi connectivity index (χ1n) is 5.34. The van der Waals surface area contributed by atoms with E-state index in [1.807, 2.05) is 6.92 Å². The summed E-state index contributed by atoms with van der Waals surface area (Å²) in [6, 6.07) is 1.79. The molecule has 4 nitrogen and oxygen atoms in total. The maximum absolute atomic E-state index is 11.4. The minimum Gasteiger partial charge on any atom is -0.493 e. The van der Waals surface area contributed by atoms with Gasteiger partial charge in [-0.15, -0.1) is 0 Å². The highest BCUT2D eigenvalue weighted by atomic mass is 16.5. The van der Waals surface area contributed by atoms with E-state index in [0.717, 1.165) is 17.6 Å². The monoisotopic (exact) mass is 218 g/mol. The molecule has 2 aromatic heterocycles. The maximum atomic E-state index is 11.4. The Labute approximate surface area is 93.6 Å². The minimum absolute atomic E-state index is 0.0144. The first kappa shape index (κ1) is 10.7. The Balaban J connectivity index is 2.54. The second kappa shape index (κ2) is 4.35. The van der Waals surface area contributed by atoms with Gasteiger partial charge in [0.1, 0.15) is 11.4 Å². The zero-order chi connectivity index (χ0) is 11.5. The number of aromatic nitrogens is 2. The van der Waals surface area contributed by atoms with E-state index in [1.165, 1.54) is 0 Å². The number of aromatic amines is 1. The van der Waals surface area contributed by atoms with Crippen LogP contribution in [-0.4, -0.2) is 22.4 Å². The lowest BCUT2D eigenvalue weighted by atomic mass is 10.1. The van der Waals surface area contributed by atoms with Crippen LogP contribution in [0.15, 0.2) is 18.5 Å². The molecule has 0 bridgehead atoms. The van der Waals surface area contributed by atoms with Gasteiger partial charge in [-0.2, -0.15) is 0 Å². The van der Waals surface area contributed by atoms with Crippen LogP contribution in [-0.2, 0) is 0 Å². The third-order valence-corrected chi connectivity index (χ3v) is 2.38. The second-order valence-corrected chi connectivity index (χ2v) is 3.64. The van der Waals surface area contributed by atoms with Crippen molar-refractivity contribution >= 4 is 16.8 Å². The largest absolute Gasteiger partial charge is 0.493 e. The number of H-pyrrole nitrogens is 1. The fourth-order valence-electron chi connectivity index (χ4n) is 1.64. The number of hydrogen-bond donors (Lipinski definition) is 1. The number of nitrogens with one attached hydrogen (secondary N) is 1. The van der Waals surface area contributed by atoms with Gasteiger partial charge < -0.3 is 9.72 Å². The van der Waals surface area contributed by atoms with Crippen molar-refractivity contribution in [2.24, 2.45) is 0 Å². The number of ketones is 1. The van der Waals surface area contributed by atoms with Crippen LogP contribution < -0.4 is 4.74 Å². The zero-order valence-electron chi connectivity index (χ0n) is 9.41. The lowest BCUT2D eigenvalue weighted by Crippen LogP contribution is -1.98. The van der Waals surface area contributed by atoms with Crippen molar-refractivity contribution in [1.29, 1.82) is 0 Å². The summed E-state index contributed by atoms with van der Waals surface area (Å²) in [4.78, 5) is 18.6. The van der Waals surface area contributed by atoms with Gasteiger partial charge in [-0.1, -0.05) is 6.92 Å². The molecule has 0 spiro atoms. The van der Waals surface area contributed by atoms with Crippen LogP contribution in [0, 0.1) is 0 Å². The van der Waals surface area contributed by atoms with Gasteiger partial charge in [0.2, 0.25) is 0 Å². The highest BCUT2D eigenvalue weighted by molar-refractivity contribution is 6.08. The summed E-state index contributed by atoms with van der Waals surface area (Å²) in [5.41, 5.74) is 1.33. The van der Waals surface area contributed by atoms with Crippen LogP contribution in [0.2, 0.25) is 0 Å². The van der Waals surface area contributed by atoms with E-state index in [2.05, 4.69) is 9.97 Å². The van der Waals surface area contributed by atoms with Crippen LogP contribution >= 0.6 is 0 Å². The van der Waals surface area contributed by atoms with Crippen molar-refractivity contribution in [3.8, 4) is 5.75 Å². The molecule has 0 radical (unpaired) electrons. The molecule has 2 heterocycles. The van der Waals surface area contributed by atoms with Crippen molar-refractivity contribution in [1.82, 2.24) is 9.97 Å². The lowest BCUT2D eigenvalue weighted by molar-refractivity contribution is 0.101. The lowest BCUT2D eigenvalue weighted by Gasteiger charge is -2.06. The van der Waals surface area contributed by atoms with Gasteiger partial charge in [0.05, 0.1) is 12.0 Å². The van der Waals surface area contributed by atoms with Crippen LogP contribution in [0.25, 0.3) is 11.0 Å². The Morgan fingerprint density at radius 3 is 3.06 bits per heavy atom. The van der Waals surface area contributed by atoms with Crippen LogP contribution in [0.1, 0.15) is 30.6 Å². The number of carbonyl (C=O) groups is 1. The van der Waals surface area contributed by atoms with Gasteiger partial charge in [-0.05, 0) is 19.4 Å². The fraction of sp³-hybridized carbons (Fsp3) is 0.333. The predicted molar refractivity (Wildman–Crippen MR) is 61.9 cm³/mol. The van der Waals surface area contributed by atoms with E-state index in [-0.39, 0.29) is 5.78 Å².